The van der Waals surface area contributed by atoms with Crippen molar-refractivity contribution >= 4 is 11.6 Å². The van der Waals surface area contributed by atoms with Gasteiger partial charge in [-0.05, 0) is 37.5 Å². The Hall–Kier alpha value is -1.71. The zero-order valence-electron chi connectivity index (χ0n) is 15.6. The molecule has 0 aromatic heterocycles. The van der Waals surface area contributed by atoms with E-state index >= 15 is 0 Å². The van der Waals surface area contributed by atoms with Crippen LogP contribution in [0.15, 0.2) is 12.1 Å². The highest BCUT2D eigenvalue weighted by Gasteiger charge is 2.20. The van der Waals surface area contributed by atoms with Gasteiger partial charge in [0.05, 0.1) is 5.56 Å². The van der Waals surface area contributed by atoms with E-state index in [9.17, 15) is 9.90 Å². The highest BCUT2D eigenvalue weighted by Crippen LogP contribution is 2.26. The molecule has 0 radical (unpaired) electrons. The van der Waals surface area contributed by atoms with E-state index in [2.05, 4.69) is 13.8 Å². The molecule has 0 aliphatic carbocycles. The van der Waals surface area contributed by atoms with E-state index in [0.29, 0.717) is 16.8 Å². The summed E-state index contributed by atoms with van der Waals surface area (Å²) in [5.41, 5.74) is 7.36. The third-order valence-corrected chi connectivity index (χ3v) is 4.40. The molecule has 0 heterocycles. The monoisotopic (exact) mass is 334 g/mol. The SMILES string of the molecule is CCCCCCN(CCCCCC)C(=O)c1cc(N)cc(C)c1O. The third kappa shape index (κ3) is 6.42. The van der Waals surface area contributed by atoms with E-state index in [1.54, 1.807) is 19.1 Å². The molecule has 1 aromatic carbocycles. The maximum absolute atomic E-state index is 12.9. The number of phenolic OH excluding ortho intramolecular Hbond substituents is 1. The number of carbonyl (C=O) groups is 1. The van der Waals surface area contributed by atoms with Crippen LogP contribution in [0.3, 0.4) is 0 Å². The minimum Gasteiger partial charge on any atom is -0.507 e. The second-order valence-electron chi connectivity index (χ2n) is 6.65. The molecule has 136 valence electrons. The first kappa shape index (κ1) is 20.3. The molecule has 1 amide bonds. The second-order valence-corrected chi connectivity index (χ2v) is 6.65. The van der Waals surface area contributed by atoms with Crippen LogP contribution in [0, 0.1) is 6.92 Å². The molecule has 0 saturated heterocycles. The fourth-order valence-electron chi connectivity index (χ4n) is 2.91. The first-order valence-corrected chi connectivity index (χ1v) is 9.39. The summed E-state index contributed by atoms with van der Waals surface area (Å²) in [5.74, 6) is -0.0442. The number of hydrogen-bond donors (Lipinski definition) is 2. The quantitative estimate of drug-likeness (QED) is 0.344. The lowest BCUT2D eigenvalue weighted by atomic mass is 10.1. The largest absolute Gasteiger partial charge is 0.507 e. The lowest BCUT2D eigenvalue weighted by Crippen LogP contribution is -2.33. The molecule has 1 aromatic rings. The van der Waals surface area contributed by atoms with Gasteiger partial charge in [0, 0.05) is 18.8 Å². The molecule has 24 heavy (non-hydrogen) atoms. The van der Waals surface area contributed by atoms with E-state index in [0.717, 1.165) is 38.8 Å². The number of amides is 1. The zero-order valence-corrected chi connectivity index (χ0v) is 15.6. The van der Waals surface area contributed by atoms with Gasteiger partial charge in [0.15, 0.2) is 0 Å². The van der Waals surface area contributed by atoms with Crippen LogP contribution < -0.4 is 5.73 Å². The maximum Gasteiger partial charge on any atom is 0.257 e. The molecule has 4 heteroatoms. The Morgan fingerprint density at radius 2 is 1.54 bits per heavy atom. The summed E-state index contributed by atoms with van der Waals surface area (Å²) in [6.45, 7) is 7.63. The summed E-state index contributed by atoms with van der Waals surface area (Å²) in [6, 6.07) is 3.29. The van der Waals surface area contributed by atoms with Crippen molar-refractivity contribution in [1.82, 2.24) is 4.90 Å². The van der Waals surface area contributed by atoms with Gasteiger partial charge >= 0.3 is 0 Å². The van der Waals surface area contributed by atoms with Crippen LogP contribution in [0.5, 0.6) is 5.75 Å². The van der Waals surface area contributed by atoms with Crippen molar-refractivity contribution in [1.29, 1.82) is 0 Å². The molecule has 1 rings (SSSR count). The minimum atomic E-state index is -0.101. The van der Waals surface area contributed by atoms with Gasteiger partial charge in [0.2, 0.25) is 0 Å². The van der Waals surface area contributed by atoms with Crippen molar-refractivity contribution in [3.05, 3.63) is 23.3 Å². The molecule has 0 saturated carbocycles. The number of aryl methyl sites for hydroxylation is 1. The molecular formula is C20H34N2O2. The van der Waals surface area contributed by atoms with Gasteiger partial charge in [0.25, 0.3) is 5.91 Å². The molecule has 4 nitrogen and oxygen atoms in total. The number of unbranched alkanes of at least 4 members (excludes halogenated alkanes) is 6. The van der Waals surface area contributed by atoms with Crippen molar-refractivity contribution in [2.24, 2.45) is 0 Å². The maximum atomic E-state index is 12.9. The van der Waals surface area contributed by atoms with Crippen LogP contribution in [0.4, 0.5) is 5.69 Å². The number of nitrogens with two attached hydrogens (primary N) is 1. The molecule has 0 bridgehead atoms. The van der Waals surface area contributed by atoms with Gasteiger partial charge in [-0.25, -0.2) is 0 Å². The van der Waals surface area contributed by atoms with Gasteiger partial charge in [0.1, 0.15) is 5.75 Å². The van der Waals surface area contributed by atoms with Crippen molar-refractivity contribution in [3.63, 3.8) is 0 Å². The molecule has 3 N–H and O–H groups in total. The van der Waals surface area contributed by atoms with E-state index in [1.165, 1.54) is 25.7 Å². The zero-order chi connectivity index (χ0) is 17.9. The van der Waals surface area contributed by atoms with Crippen LogP contribution in [0.2, 0.25) is 0 Å². The Kier molecular flexibility index (Phi) is 9.28. The molecular weight excluding hydrogens is 300 g/mol. The van der Waals surface area contributed by atoms with Crippen LogP contribution in [-0.4, -0.2) is 29.0 Å². The Bertz CT molecular complexity index is 503. The number of carbonyl (C=O) groups excluding carboxylic acids is 1. The second kappa shape index (κ2) is 11.0. The van der Waals surface area contributed by atoms with E-state index in [4.69, 9.17) is 5.73 Å². The number of anilines is 1. The molecule has 0 atom stereocenters. The molecule has 0 aliphatic rings. The van der Waals surface area contributed by atoms with Crippen molar-refractivity contribution in [2.75, 3.05) is 18.8 Å². The topological polar surface area (TPSA) is 66.6 Å². The van der Waals surface area contributed by atoms with E-state index in [1.807, 2.05) is 4.90 Å². The van der Waals surface area contributed by atoms with Gasteiger partial charge in [-0.3, -0.25) is 4.79 Å². The first-order chi connectivity index (χ1) is 11.5. The Morgan fingerprint density at radius 3 is 2.04 bits per heavy atom. The first-order valence-electron chi connectivity index (χ1n) is 9.39. The van der Waals surface area contributed by atoms with Crippen LogP contribution >= 0.6 is 0 Å². The fourth-order valence-corrected chi connectivity index (χ4v) is 2.91. The predicted octanol–water partition coefficient (Wildman–Crippen LogP) is 4.89. The highest BCUT2D eigenvalue weighted by atomic mass is 16.3. The van der Waals surface area contributed by atoms with E-state index in [-0.39, 0.29) is 11.7 Å². The normalized spacial score (nSPS) is 10.8. The highest BCUT2D eigenvalue weighted by molar-refractivity contribution is 5.98. The number of phenols is 1. The average Bonchev–Trinajstić information content (AvgIpc) is 2.56. The van der Waals surface area contributed by atoms with E-state index < -0.39 is 0 Å². The van der Waals surface area contributed by atoms with Crippen molar-refractivity contribution < 1.29 is 9.90 Å². The summed E-state index contributed by atoms with van der Waals surface area (Å²) < 4.78 is 0. The number of benzene rings is 1. The molecule has 0 spiro atoms. The molecule has 0 aliphatic heterocycles. The number of nitrogen functional groups attached to an aromatic ring is 1. The predicted molar refractivity (Wildman–Crippen MR) is 101 cm³/mol. The van der Waals surface area contributed by atoms with Gasteiger partial charge in [-0.2, -0.15) is 0 Å². The summed E-state index contributed by atoms with van der Waals surface area (Å²) in [6.07, 6.45) is 9.04. The fraction of sp³-hybridized carbons (Fsp3) is 0.650. The number of hydrogen-bond acceptors (Lipinski definition) is 3. The summed E-state index contributed by atoms with van der Waals surface area (Å²) in [7, 11) is 0. The lowest BCUT2D eigenvalue weighted by Gasteiger charge is -2.24. The Balaban J connectivity index is 2.81. The minimum absolute atomic E-state index is 0.0568. The Morgan fingerprint density at radius 1 is 1.00 bits per heavy atom. The van der Waals surface area contributed by atoms with Gasteiger partial charge in [-0.1, -0.05) is 52.4 Å². The lowest BCUT2D eigenvalue weighted by molar-refractivity contribution is 0.0746. The molecule has 0 unspecified atom stereocenters. The summed E-state index contributed by atoms with van der Waals surface area (Å²) >= 11 is 0. The van der Waals surface area contributed by atoms with Crippen molar-refractivity contribution in [3.8, 4) is 5.75 Å². The number of aromatic hydroxyl groups is 1. The third-order valence-electron chi connectivity index (χ3n) is 4.40. The summed E-state index contributed by atoms with van der Waals surface area (Å²) in [5, 5.41) is 10.3. The van der Waals surface area contributed by atoms with Gasteiger partial charge in [-0.15, -0.1) is 0 Å². The standard InChI is InChI=1S/C20H34N2O2/c1-4-6-8-10-12-22(13-11-9-7-5-2)20(24)18-15-17(21)14-16(3)19(18)23/h14-15,23H,4-13,21H2,1-3H3. The Labute approximate surface area is 147 Å². The van der Waals surface area contributed by atoms with Crippen LogP contribution in [0.25, 0.3) is 0 Å². The van der Waals surface area contributed by atoms with Crippen LogP contribution in [-0.2, 0) is 0 Å². The smallest absolute Gasteiger partial charge is 0.257 e. The number of rotatable bonds is 11. The number of nitrogens with zero attached hydrogens (tertiary/aromatic N) is 1. The van der Waals surface area contributed by atoms with Crippen molar-refractivity contribution in [2.45, 2.75) is 72.1 Å². The van der Waals surface area contributed by atoms with Gasteiger partial charge < -0.3 is 15.7 Å². The molecule has 0 fully saturated rings. The average molecular weight is 335 g/mol. The van der Waals surface area contributed by atoms with Crippen LogP contribution in [0.1, 0.15) is 81.1 Å². The summed E-state index contributed by atoms with van der Waals surface area (Å²) in [4.78, 5) is 14.8.